The molecule has 0 spiro atoms. The third-order valence-electron chi connectivity index (χ3n) is 4.16. The molecule has 1 aliphatic heterocycles. The highest BCUT2D eigenvalue weighted by molar-refractivity contribution is 5.97. The van der Waals surface area contributed by atoms with Gasteiger partial charge < -0.3 is 20.3 Å². The van der Waals surface area contributed by atoms with Gasteiger partial charge in [0.2, 0.25) is 5.91 Å². The number of hydrogen-bond donors (Lipinski definition) is 2. The maximum absolute atomic E-state index is 12.3. The molecule has 1 unspecified atom stereocenters. The number of ether oxygens (including phenoxy) is 1. The van der Waals surface area contributed by atoms with Crippen molar-refractivity contribution in [3.05, 3.63) is 58.6 Å². The molecule has 1 saturated heterocycles. The number of methoxy groups -OCH3 is 1. The molecule has 9 nitrogen and oxygen atoms in total. The highest BCUT2D eigenvalue weighted by Crippen LogP contribution is 2.25. The molecule has 140 valence electrons. The summed E-state index contributed by atoms with van der Waals surface area (Å²) in [5.74, 6) is 0.552. The van der Waals surface area contributed by atoms with Crippen molar-refractivity contribution in [1.82, 2.24) is 5.32 Å². The Morgan fingerprint density at radius 2 is 2.00 bits per heavy atom. The molecule has 0 saturated carbocycles. The molecule has 2 aromatic rings. The van der Waals surface area contributed by atoms with Crippen molar-refractivity contribution in [2.45, 2.75) is 12.5 Å². The van der Waals surface area contributed by atoms with E-state index in [0.717, 1.165) is 0 Å². The van der Waals surface area contributed by atoms with Crippen molar-refractivity contribution in [1.29, 1.82) is 0 Å². The van der Waals surface area contributed by atoms with Crippen molar-refractivity contribution < 1.29 is 19.2 Å². The molecule has 2 aromatic carbocycles. The van der Waals surface area contributed by atoms with E-state index in [1.54, 1.807) is 36.3 Å². The number of carbonyl (C=O) groups excluding carboxylic acids is 2. The number of nitrogens with one attached hydrogen (secondary N) is 2. The molecule has 3 rings (SSSR count). The Labute approximate surface area is 155 Å². The summed E-state index contributed by atoms with van der Waals surface area (Å²) in [6.07, 6.45) is 0.185. The number of hydrogen-bond acceptors (Lipinski definition) is 5. The van der Waals surface area contributed by atoms with Gasteiger partial charge in [-0.05, 0) is 24.3 Å². The second-order valence-electron chi connectivity index (χ2n) is 6.01. The molecule has 9 heteroatoms. The van der Waals surface area contributed by atoms with Crippen molar-refractivity contribution in [2.24, 2.45) is 0 Å². The average Bonchev–Trinajstić information content (AvgIpc) is 3.02. The molecule has 1 atom stereocenters. The average molecular weight is 370 g/mol. The van der Waals surface area contributed by atoms with E-state index >= 15 is 0 Å². The number of nitro groups is 1. The van der Waals surface area contributed by atoms with Gasteiger partial charge in [-0.25, -0.2) is 4.79 Å². The Kier molecular flexibility index (Phi) is 5.20. The standard InChI is InChI=1S/C18H18N4O5/c1-27-16-4-2-3-15(10-16)21-11-13(9-17(21)23)20-18(24)19-12-5-7-14(8-6-12)22(25)26/h2-8,10,13H,9,11H2,1H3,(H2,19,20,24). The molecular weight excluding hydrogens is 352 g/mol. The van der Waals surface area contributed by atoms with Gasteiger partial charge in [-0.3, -0.25) is 14.9 Å². The van der Waals surface area contributed by atoms with Crippen LogP contribution in [0.25, 0.3) is 0 Å². The Balaban J connectivity index is 1.58. The molecule has 0 aromatic heterocycles. The summed E-state index contributed by atoms with van der Waals surface area (Å²) in [6, 6.07) is 11.8. The first-order chi connectivity index (χ1) is 13.0. The van der Waals surface area contributed by atoms with Gasteiger partial charge in [0.1, 0.15) is 5.75 Å². The van der Waals surface area contributed by atoms with Crippen molar-refractivity contribution in [3.63, 3.8) is 0 Å². The summed E-state index contributed by atoms with van der Waals surface area (Å²) in [4.78, 5) is 36.1. The van der Waals surface area contributed by atoms with Crippen molar-refractivity contribution in [3.8, 4) is 5.75 Å². The summed E-state index contributed by atoms with van der Waals surface area (Å²) in [5.41, 5.74) is 1.07. The summed E-state index contributed by atoms with van der Waals surface area (Å²) in [7, 11) is 1.55. The van der Waals surface area contributed by atoms with E-state index in [1.165, 1.54) is 24.3 Å². The number of carbonyl (C=O) groups is 2. The summed E-state index contributed by atoms with van der Waals surface area (Å²) >= 11 is 0. The maximum Gasteiger partial charge on any atom is 0.319 e. The third-order valence-corrected chi connectivity index (χ3v) is 4.16. The van der Waals surface area contributed by atoms with Crippen molar-refractivity contribution in [2.75, 3.05) is 23.9 Å². The second kappa shape index (κ2) is 7.73. The van der Waals surface area contributed by atoms with Gasteiger partial charge in [-0.1, -0.05) is 6.07 Å². The number of rotatable bonds is 5. The smallest absolute Gasteiger partial charge is 0.319 e. The van der Waals surface area contributed by atoms with Crippen LogP contribution in [0.5, 0.6) is 5.75 Å². The van der Waals surface area contributed by atoms with E-state index in [0.29, 0.717) is 23.7 Å². The van der Waals surface area contributed by atoms with E-state index in [2.05, 4.69) is 10.6 Å². The van der Waals surface area contributed by atoms with Crippen LogP contribution >= 0.6 is 0 Å². The normalized spacial score (nSPS) is 16.1. The fraction of sp³-hybridized carbons (Fsp3) is 0.222. The Hall–Kier alpha value is -3.62. The van der Waals surface area contributed by atoms with Crippen molar-refractivity contribution >= 4 is 29.0 Å². The quantitative estimate of drug-likeness (QED) is 0.620. The minimum absolute atomic E-state index is 0.0590. The Bertz CT molecular complexity index is 868. The van der Waals surface area contributed by atoms with Crippen LogP contribution in [0.1, 0.15) is 6.42 Å². The first kappa shape index (κ1) is 18.2. The van der Waals surface area contributed by atoms with Crippen LogP contribution < -0.4 is 20.3 Å². The molecule has 1 heterocycles. The molecule has 2 N–H and O–H groups in total. The van der Waals surface area contributed by atoms with Gasteiger partial charge in [0.25, 0.3) is 5.69 Å². The highest BCUT2D eigenvalue weighted by atomic mass is 16.6. The predicted octanol–water partition coefficient (Wildman–Crippen LogP) is 2.53. The number of anilines is 2. The van der Waals surface area contributed by atoms with Crippen LogP contribution in [0.3, 0.4) is 0 Å². The molecule has 0 aliphatic carbocycles. The Morgan fingerprint density at radius 3 is 2.67 bits per heavy atom. The van der Waals surface area contributed by atoms with Gasteiger partial charge >= 0.3 is 6.03 Å². The first-order valence-corrected chi connectivity index (χ1v) is 8.22. The van der Waals surface area contributed by atoms with E-state index in [4.69, 9.17) is 4.74 Å². The lowest BCUT2D eigenvalue weighted by Gasteiger charge is -2.18. The highest BCUT2D eigenvalue weighted by Gasteiger charge is 2.31. The van der Waals surface area contributed by atoms with Gasteiger partial charge in [0.05, 0.1) is 18.1 Å². The SMILES string of the molecule is COc1cccc(N2CC(NC(=O)Nc3ccc([N+](=O)[O-])cc3)CC2=O)c1. The summed E-state index contributed by atoms with van der Waals surface area (Å²) < 4.78 is 5.17. The van der Waals surface area contributed by atoms with Gasteiger partial charge in [0.15, 0.2) is 0 Å². The molecule has 0 bridgehead atoms. The van der Waals surface area contributed by atoms with E-state index in [-0.39, 0.29) is 24.1 Å². The minimum Gasteiger partial charge on any atom is -0.497 e. The van der Waals surface area contributed by atoms with E-state index in [1.807, 2.05) is 0 Å². The van der Waals surface area contributed by atoms with Crippen LogP contribution in [0.4, 0.5) is 21.9 Å². The van der Waals surface area contributed by atoms with Crippen LogP contribution in [0.15, 0.2) is 48.5 Å². The van der Waals surface area contributed by atoms with E-state index < -0.39 is 11.0 Å². The Morgan fingerprint density at radius 1 is 1.26 bits per heavy atom. The molecular formula is C18H18N4O5. The fourth-order valence-electron chi connectivity index (χ4n) is 2.85. The zero-order chi connectivity index (χ0) is 19.4. The van der Waals surface area contributed by atoms with Crippen LogP contribution in [-0.2, 0) is 4.79 Å². The lowest BCUT2D eigenvalue weighted by Crippen LogP contribution is -2.39. The number of nitro benzene ring substituents is 1. The summed E-state index contributed by atoms with van der Waals surface area (Å²) in [5, 5.41) is 16.0. The van der Waals surface area contributed by atoms with Crippen LogP contribution in [0.2, 0.25) is 0 Å². The lowest BCUT2D eigenvalue weighted by molar-refractivity contribution is -0.384. The minimum atomic E-state index is -0.513. The van der Waals surface area contributed by atoms with Gasteiger partial charge in [-0.2, -0.15) is 0 Å². The molecule has 27 heavy (non-hydrogen) atoms. The number of urea groups is 1. The monoisotopic (exact) mass is 370 g/mol. The summed E-state index contributed by atoms with van der Waals surface area (Å²) in [6.45, 7) is 0.347. The van der Waals surface area contributed by atoms with Gasteiger partial charge in [-0.15, -0.1) is 0 Å². The zero-order valence-electron chi connectivity index (χ0n) is 14.5. The van der Waals surface area contributed by atoms with E-state index in [9.17, 15) is 19.7 Å². The fourth-order valence-corrected chi connectivity index (χ4v) is 2.85. The van der Waals surface area contributed by atoms with Gasteiger partial charge in [0, 0.05) is 42.5 Å². The zero-order valence-corrected chi connectivity index (χ0v) is 14.5. The first-order valence-electron chi connectivity index (χ1n) is 8.22. The largest absolute Gasteiger partial charge is 0.497 e. The number of amides is 3. The lowest BCUT2D eigenvalue weighted by atomic mass is 10.2. The molecule has 1 fully saturated rings. The number of non-ortho nitro benzene ring substituents is 1. The topological polar surface area (TPSA) is 114 Å². The number of benzene rings is 2. The second-order valence-corrected chi connectivity index (χ2v) is 6.01. The van der Waals surface area contributed by atoms with Crippen LogP contribution in [-0.4, -0.2) is 36.6 Å². The predicted molar refractivity (Wildman–Crippen MR) is 99.0 cm³/mol. The van der Waals surface area contributed by atoms with Crippen LogP contribution in [0, 0.1) is 10.1 Å². The maximum atomic E-state index is 12.3. The third kappa shape index (κ3) is 4.32. The molecule has 3 amide bonds. The number of nitrogens with zero attached hydrogens (tertiary/aromatic N) is 2. The molecule has 1 aliphatic rings. The molecule has 0 radical (unpaired) electrons.